The highest BCUT2D eigenvalue weighted by molar-refractivity contribution is 8.93. The highest BCUT2D eigenvalue weighted by atomic mass is 79.9. The van der Waals surface area contributed by atoms with Crippen LogP contribution in [0.5, 0.6) is 0 Å². The topological polar surface area (TPSA) is 158 Å². The Kier molecular flexibility index (Phi) is 7.26. The number of halogens is 1. The number of nitrogens with one attached hydrogen (secondary N) is 3. The molecule has 1 heterocycles. The molecule has 0 bridgehead atoms. The number of hydrogen-bond donors (Lipinski definition) is 4. The number of aromatic nitrogens is 2. The van der Waals surface area contributed by atoms with Crippen molar-refractivity contribution in [1.82, 2.24) is 15.3 Å². The molecule has 29 heavy (non-hydrogen) atoms. The number of aromatic amines is 2. The molecule has 1 atom stereocenters. The fourth-order valence-electron chi connectivity index (χ4n) is 2.82. The van der Waals surface area contributed by atoms with E-state index in [2.05, 4.69) is 15.3 Å². The third kappa shape index (κ3) is 5.70. The Hall–Kier alpha value is -2.59. The summed E-state index contributed by atoms with van der Waals surface area (Å²) in [6.07, 6.45) is -0.236. The third-order valence-electron chi connectivity index (χ3n) is 4.06. The zero-order valence-electron chi connectivity index (χ0n) is 15.0. The van der Waals surface area contributed by atoms with E-state index in [1.54, 1.807) is 24.3 Å². The molecule has 0 saturated carbocycles. The van der Waals surface area contributed by atoms with Gasteiger partial charge in [-0.25, -0.2) is 0 Å². The fourth-order valence-corrected chi connectivity index (χ4v) is 4.17. The number of nitro benzene ring substituents is 1. The smallest absolute Gasteiger partial charge is 0.314 e. The highest BCUT2D eigenvalue weighted by Crippen LogP contribution is 2.43. The van der Waals surface area contributed by atoms with Gasteiger partial charge >= 0.3 is 11.1 Å². The predicted octanol–water partition coefficient (Wildman–Crippen LogP) is 2.22. The molecule has 3 rings (SSSR count). The van der Waals surface area contributed by atoms with Crippen molar-refractivity contribution in [2.75, 3.05) is 6.29 Å². The normalized spacial score (nSPS) is 12.9. The van der Waals surface area contributed by atoms with Crippen molar-refractivity contribution in [2.45, 2.75) is 12.7 Å². The lowest BCUT2D eigenvalue weighted by molar-refractivity contribution is -0.384. The van der Waals surface area contributed by atoms with Crippen LogP contribution < -0.4 is 16.4 Å². The molecule has 0 aliphatic rings. The maximum Gasteiger partial charge on any atom is 0.314 e. The number of benzene rings is 2. The van der Waals surface area contributed by atoms with Crippen molar-refractivity contribution in [2.24, 2.45) is 0 Å². The van der Waals surface area contributed by atoms with Gasteiger partial charge in [0.2, 0.25) is 7.37 Å². The maximum atomic E-state index is 12.4. The molecule has 0 aliphatic carbocycles. The van der Waals surface area contributed by atoms with E-state index in [4.69, 9.17) is 0 Å². The molecule has 0 saturated heterocycles. The van der Waals surface area contributed by atoms with Crippen LogP contribution in [0.15, 0.2) is 52.1 Å². The van der Waals surface area contributed by atoms with Gasteiger partial charge in [0.1, 0.15) is 0 Å². The Balaban J connectivity index is 0.00000300. The van der Waals surface area contributed by atoms with Crippen molar-refractivity contribution < 1.29 is 14.4 Å². The lowest BCUT2D eigenvalue weighted by Gasteiger charge is -2.13. The van der Waals surface area contributed by atoms with Crippen LogP contribution in [0.4, 0.5) is 5.69 Å². The quantitative estimate of drug-likeness (QED) is 0.173. The summed E-state index contributed by atoms with van der Waals surface area (Å²) >= 11 is 0. The Morgan fingerprint density at radius 1 is 1.10 bits per heavy atom. The largest absolute Gasteiger partial charge is 0.343 e. The first-order chi connectivity index (χ1) is 13.2. The number of nitrogens with zero attached hydrogens (tertiary/aromatic N) is 1. The summed E-state index contributed by atoms with van der Waals surface area (Å²) in [4.78, 5) is 48.4. The van der Waals surface area contributed by atoms with Crippen LogP contribution in [0.3, 0.4) is 0 Å². The van der Waals surface area contributed by atoms with Crippen LogP contribution >= 0.6 is 24.4 Å². The summed E-state index contributed by atoms with van der Waals surface area (Å²) in [5, 5.41) is 13.9. The number of nitro groups is 1. The van der Waals surface area contributed by atoms with E-state index in [1.807, 2.05) is 6.07 Å². The molecule has 3 aromatic rings. The van der Waals surface area contributed by atoms with Crippen LogP contribution in [-0.2, 0) is 17.3 Å². The summed E-state index contributed by atoms with van der Waals surface area (Å²) in [6.45, 7) is -0.0144. The second-order valence-corrected chi connectivity index (χ2v) is 8.59. The van der Waals surface area contributed by atoms with Crippen LogP contribution in [0.1, 0.15) is 11.1 Å². The number of hydrogen-bond acceptors (Lipinski definition) is 6. The van der Waals surface area contributed by atoms with Crippen LogP contribution in [-0.4, -0.2) is 26.1 Å². The van der Waals surface area contributed by atoms with Crippen LogP contribution in [0.25, 0.3) is 11.0 Å². The van der Waals surface area contributed by atoms with Gasteiger partial charge in [-0.15, -0.1) is 17.0 Å². The third-order valence-corrected chi connectivity index (χ3v) is 5.63. The molecule has 0 amide bonds. The summed E-state index contributed by atoms with van der Waals surface area (Å²) in [7, 11) is -3.53. The van der Waals surface area contributed by atoms with Crippen molar-refractivity contribution in [3.8, 4) is 0 Å². The monoisotopic (exact) mass is 484 g/mol. The SMILES string of the molecule is Br.O=c1[nH]c2cc([N+](=O)[O-])cc(CNCP(=O)(O)Cc3ccccc3)c2[nH]c1=O. The number of H-pyrrole nitrogens is 2. The molecule has 1 aromatic heterocycles. The zero-order chi connectivity index (χ0) is 20.3. The molecule has 0 aliphatic heterocycles. The van der Waals surface area contributed by atoms with Gasteiger partial charge in [-0.05, 0) is 11.1 Å². The minimum Gasteiger partial charge on any atom is -0.343 e. The fraction of sp³-hybridized carbons (Fsp3) is 0.176. The van der Waals surface area contributed by atoms with Crippen molar-refractivity contribution in [3.05, 3.63) is 84.4 Å². The number of non-ortho nitro benzene ring substituents is 1. The molecular weight excluding hydrogens is 467 g/mol. The molecule has 4 N–H and O–H groups in total. The second kappa shape index (κ2) is 9.27. The van der Waals surface area contributed by atoms with Gasteiger partial charge in [0.05, 0.1) is 28.4 Å². The predicted molar refractivity (Wildman–Crippen MR) is 114 cm³/mol. The molecule has 1 unspecified atom stereocenters. The zero-order valence-corrected chi connectivity index (χ0v) is 17.6. The first kappa shape index (κ1) is 22.7. The van der Waals surface area contributed by atoms with Crippen LogP contribution in [0.2, 0.25) is 0 Å². The highest BCUT2D eigenvalue weighted by Gasteiger charge is 2.19. The summed E-state index contributed by atoms with van der Waals surface area (Å²) in [6, 6.07) is 11.2. The lowest BCUT2D eigenvalue weighted by Crippen LogP contribution is -2.29. The van der Waals surface area contributed by atoms with Gasteiger partial charge in [0.25, 0.3) is 5.69 Å². The molecule has 0 radical (unpaired) electrons. The van der Waals surface area contributed by atoms with E-state index in [9.17, 15) is 29.2 Å². The average Bonchev–Trinajstić information content (AvgIpc) is 2.63. The minimum atomic E-state index is -3.53. The number of rotatable bonds is 7. The Morgan fingerprint density at radius 3 is 2.41 bits per heavy atom. The summed E-state index contributed by atoms with van der Waals surface area (Å²) < 4.78 is 12.4. The van der Waals surface area contributed by atoms with E-state index in [0.717, 1.165) is 11.6 Å². The lowest BCUT2D eigenvalue weighted by atomic mass is 10.1. The van der Waals surface area contributed by atoms with E-state index >= 15 is 0 Å². The average molecular weight is 485 g/mol. The Labute approximate surface area is 174 Å². The van der Waals surface area contributed by atoms with Gasteiger partial charge in [-0.3, -0.25) is 24.3 Å². The van der Waals surface area contributed by atoms with Crippen molar-refractivity contribution in [1.29, 1.82) is 0 Å². The summed E-state index contributed by atoms with van der Waals surface area (Å²) in [5.74, 6) is 0. The maximum absolute atomic E-state index is 12.4. The molecule has 154 valence electrons. The van der Waals surface area contributed by atoms with Gasteiger partial charge in [-0.1, -0.05) is 30.3 Å². The van der Waals surface area contributed by atoms with Gasteiger partial charge in [-0.2, -0.15) is 0 Å². The van der Waals surface area contributed by atoms with Crippen molar-refractivity contribution >= 4 is 41.1 Å². The first-order valence-corrected chi connectivity index (χ1v) is 10.3. The molecule has 10 nitrogen and oxygen atoms in total. The molecule has 0 fully saturated rings. The first-order valence-electron chi connectivity index (χ1n) is 8.24. The van der Waals surface area contributed by atoms with E-state index < -0.39 is 23.4 Å². The van der Waals surface area contributed by atoms with Gasteiger partial charge in [0.15, 0.2) is 0 Å². The Bertz CT molecular complexity index is 1190. The van der Waals surface area contributed by atoms with Gasteiger partial charge < -0.3 is 20.2 Å². The summed E-state index contributed by atoms with van der Waals surface area (Å²) in [5.41, 5.74) is -0.724. The van der Waals surface area contributed by atoms with Gasteiger partial charge in [0, 0.05) is 18.7 Å². The molecule has 12 heteroatoms. The van der Waals surface area contributed by atoms with Crippen LogP contribution in [0, 0.1) is 10.1 Å². The number of fused-ring (bicyclic) bond motifs is 1. The van der Waals surface area contributed by atoms with E-state index in [-0.39, 0.29) is 52.7 Å². The molecule has 2 aromatic carbocycles. The van der Waals surface area contributed by atoms with E-state index in [1.165, 1.54) is 6.07 Å². The minimum absolute atomic E-state index is 0. The molecular formula is C17H18BrN4O6P. The second-order valence-electron chi connectivity index (χ2n) is 6.27. The Morgan fingerprint density at radius 2 is 1.76 bits per heavy atom. The van der Waals surface area contributed by atoms with E-state index in [0.29, 0.717) is 5.56 Å². The molecule has 0 spiro atoms. The standard InChI is InChI=1S/C17H17N4O6P.BrH/c22-16-17(23)20-15-12(6-13(21(24)25)7-14(15)19-16)8-18-10-28(26,27)9-11-4-2-1-3-5-11;/h1-7,18H,8-10H2,(H,19,22)(H,20,23)(H,26,27);1H. The van der Waals surface area contributed by atoms with Crippen molar-refractivity contribution in [3.63, 3.8) is 0 Å².